The fourth-order valence-corrected chi connectivity index (χ4v) is 3.50. The van der Waals surface area contributed by atoms with Gasteiger partial charge in [0.15, 0.2) is 10.5 Å². The normalized spacial score (nSPS) is 12.1. The van der Waals surface area contributed by atoms with E-state index in [1.165, 1.54) is 11.3 Å². The molecular formula is C16H18N4O2S. The van der Waals surface area contributed by atoms with E-state index in [0.717, 1.165) is 28.2 Å². The lowest BCUT2D eigenvalue weighted by Gasteiger charge is -2.01. The minimum atomic E-state index is -0.325. The van der Waals surface area contributed by atoms with Gasteiger partial charge in [-0.25, -0.2) is 0 Å². The second kappa shape index (κ2) is 6.00. The van der Waals surface area contributed by atoms with Crippen LogP contribution in [0.1, 0.15) is 23.1 Å². The fraction of sp³-hybridized carbons (Fsp3) is 0.312. The standard InChI is InChI=1S/C16H18N4O2S/c1-5-20-13-7-6-11(22-4)9-14(13)23-16(20)17-15(21)12-8-10(2)19(3)18-12/h6-9H,5H2,1-4H3. The van der Waals surface area contributed by atoms with Crippen molar-refractivity contribution in [1.29, 1.82) is 0 Å². The summed E-state index contributed by atoms with van der Waals surface area (Å²) in [5.41, 5.74) is 2.33. The number of nitrogens with zero attached hydrogens (tertiary/aromatic N) is 4. The van der Waals surface area contributed by atoms with Gasteiger partial charge in [0.05, 0.1) is 17.3 Å². The van der Waals surface area contributed by atoms with Gasteiger partial charge in [-0.15, -0.1) is 0 Å². The highest BCUT2D eigenvalue weighted by Crippen LogP contribution is 2.23. The highest BCUT2D eigenvalue weighted by atomic mass is 32.1. The summed E-state index contributed by atoms with van der Waals surface area (Å²) in [6, 6.07) is 7.61. The van der Waals surface area contributed by atoms with Gasteiger partial charge in [-0.05, 0) is 38.1 Å². The van der Waals surface area contributed by atoms with Crippen molar-refractivity contribution in [1.82, 2.24) is 14.3 Å². The molecule has 7 heteroatoms. The summed E-state index contributed by atoms with van der Waals surface area (Å²) in [5.74, 6) is 0.467. The zero-order valence-corrected chi connectivity index (χ0v) is 14.3. The maximum Gasteiger partial charge on any atom is 0.300 e. The molecule has 2 aromatic heterocycles. The number of aromatic nitrogens is 3. The third-order valence-corrected chi connectivity index (χ3v) is 4.78. The molecule has 0 unspecified atom stereocenters. The number of carbonyl (C=O) groups is 1. The van der Waals surface area contributed by atoms with E-state index >= 15 is 0 Å². The van der Waals surface area contributed by atoms with Crippen molar-refractivity contribution < 1.29 is 9.53 Å². The predicted molar refractivity (Wildman–Crippen MR) is 89.9 cm³/mol. The monoisotopic (exact) mass is 330 g/mol. The van der Waals surface area contributed by atoms with Gasteiger partial charge in [0.1, 0.15) is 5.75 Å². The molecule has 1 amide bonds. The van der Waals surface area contributed by atoms with Crippen LogP contribution in [0.3, 0.4) is 0 Å². The Kier molecular flexibility index (Phi) is 4.04. The summed E-state index contributed by atoms with van der Waals surface area (Å²) in [6.45, 7) is 4.67. The number of ether oxygens (including phenoxy) is 1. The van der Waals surface area contributed by atoms with Crippen molar-refractivity contribution in [3.05, 3.63) is 40.5 Å². The van der Waals surface area contributed by atoms with Crippen molar-refractivity contribution in [3.63, 3.8) is 0 Å². The lowest BCUT2D eigenvalue weighted by atomic mass is 10.3. The maximum absolute atomic E-state index is 12.4. The Morgan fingerprint density at radius 3 is 2.78 bits per heavy atom. The fourth-order valence-electron chi connectivity index (χ4n) is 2.38. The molecule has 0 aliphatic heterocycles. The molecule has 0 bridgehead atoms. The van der Waals surface area contributed by atoms with E-state index in [-0.39, 0.29) is 5.91 Å². The number of aryl methyl sites for hydroxylation is 3. The van der Waals surface area contributed by atoms with Crippen LogP contribution in [0.5, 0.6) is 5.75 Å². The number of fused-ring (bicyclic) bond motifs is 1. The van der Waals surface area contributed by atoms with Gasteiger partial charge in [0, 0.05) is 19.3 Å². The van der Waals surface area contributed by atoms with Crippen molar-refractivity contribution in [3.8, 4) is 5.75 Å². The van der Waals surface area contributed by atoms with Crippen LogP contribution in [0.15, 0.2) is 29.3 Å². The second-order valence-electron chi connectivity index (χ2n) is 5.17. The van der Waals surface area contributed by atoms with E-state index in [2.05, 4.69) is 10.1 Å². The molecule has 0 saturated carbocycles. The number of hydrogen-bond acceptors (Lipinski definition) is 4. The number of thiazole rings is 1. The summed E-state index contributed by atoms with van der Waals surface area (Å²) in [6.07, 6.45) is 0. The molecular weight excluding hydrogens is 312 g/mol. The van der Waals surface area contributed by atoms with Gasteiger partial charge in [0.25, 0.3) is 5.91 Å². The van der Waals surface area contributed by atoms with Crippen LogP contribution in [-0.4, -0.2) is 27.4 Å². The molecule has 120 valence electrons. The first kappa shape index (κ1) is 15.5. The summed E-state index contributed by atoms with van der Waals surface area (Å²) in [4.78, 5) is 17.3. The summed E-state index contributed by atoms with van der Waals surface area (Å²) < 4.78 is 9.99. The molecule has 0 N–H and O–H groups in total. The Balaban J connectivity index is 2.12. The Labute approximate surface area is 137 Å². The summed E-state index contributed by atoms with van der Waals surface area (Å²) >= 11 is 1.47. The SMILES string of the molecule is CCn1c(=NC(=O)c2cc(C)n(C)n2)sc2cc(OC)ccc21. The summed E-state index contributed by atoms with van der Waals surface area (Å²) in [7, 11) is 3.45. The molecule has 0 spiro atoms. The first-order valence-corrected chi connectivity index (χ1v) is 8.12. The minimum Gasteiger partial charge on any atom is -0.497 e. The number of rotatable bonds is 3. The molecule has 6 nitrogen and oxygen atoms in total. The number of amides is 1. The molecule has 0 fully saturated rings. The lowest BCUT2D eigenvalue weighted by Crippen LogP contribution is -2.16. The third-order valence-electron chi connectivity index (χ3n) is 3.74. The van der Waals surface area contributed by atoms with Crippen LogP contribution in [-0.2, 0) is 13.6 Å². The molecule has 23 heavy (non-hydrogen) atoms. The van der Waals surface area contributed by atoms with Crippen molar-refractivity contribution in [2.45, 2.75) is 20.4 Å². The second-order valence-corrected chi connectivity index (χ2v) is 6.18. The van der Waals surface area contributed by atoms with E-state index in [1.54, 1.807) is 17.9 Å². The van der Waals surface area contributed by atoms with E-state index in [9.17, 15) is 4.79 Å². The van der Waals surface area contributed by atoms with Crippen LogP contribution in [0, 0.1) is 6.92 Å². The Hall–Kier alpha value is -2.41. The number of methoxy groups -OCH3 is 1. The quantitative estimate of drug-likeness (QED) is 0.741. The maximum atomic E-state index is 12.4. The Bertz CT molecular complexity index is 929. The first-order valence-electron chi connectivity index (χ1n) is 7.30. The summed E-state index contributed by atoms with van der Waals surface area (Å²) in [5, 5.41) is 4.19. The van der Waals surface area contributed by atoms with Gasteiger partial charge >= 0.3 is 0 Å². The minimum absolute atomic E-state index is 0.325. The molecule has 1 aromatic carbocycles. The van der Waals surface area contributed by atoms with Gasteiger partial charge in [-0.1, -0.05) is 11.3 Å². The predicted octanol–water partition coefficient (Wildman–Crippen LogP) is 2.51. The molecule has 3 aromatic rings. The number of hydrogen-bond donors (Lipinski definition) is 0. The molecule has 0 aliphatic rings. The Morgan fingerprint density at radius 2 is 2.17 bits per heavy atom. The zero-order valence-electron chi connectivity index (χ0n) is 13.5. The van der Waals surface area contributed by atoms with E-state index in [4.69, 9.17) is 4.74 Å². The van der Waals surface area contributed by atoms with Crippen molar-refractivity contribution >= 4 is 27.5 Å². The van der Waals surface area contributed by atoms with Crippen LogP contribution in [0.4, 0.5) is 0 Å². The van der Waals surface area contributed by atoms with E-state index in [1.807, 2.05) is 43.7 Å². The van der Waals surface area contributed by atoms with Crippen molar-refractivity contribution in [2.24, 2.45) is 12.0 Å². The van der Waals surface area contributed by atoms with Gasteiger partial charge in [0.2, 0.25) is 0 Å². The molecule has 0 atom stereocenters. The van der Waals surface area contributed by atoms with Crippen LogP contribution in [0.2, 0.25) is 0 Å². The van der Waals surface area contributed by atoms with E-state index in [0.29, 0.717) is 10.5 Å². The van der Waals surface area contributed by atoms with Gasteiger partial charge in [-0.2, -0.15) is 10.1 Å². The first-order chi connectivity index (χ1) is 11.0. The molecule has 0 aliphatic carbocycles. The molecule has 0 radical (unpaired) electrons. The van der Waals surface area contributed by atoms with Crippen LogP contribution < -0.4 is 9.54 Å². The highest BCUT2D eigenvalue weighted by molar-refractivity contribution is 7.16. The third kappa shape index (κ3) is 2.79. The lowest BCUT2D eigenvalue weighted by molar-refractivity contribution is 0.0992. The average Bonchev–Trinajstić information content (AvgIpc) is 3.06. The van der Waals surface area contributed by atoms with Gasteiger partial charge in [-0.3, -0.25) is 9.48 Å². The molecule has 2 heterocycles. The van der Waals surface area contributed by atoms with E-state index < -0.39 is 0 Å². The number of benzene rings is 1. The molecule has 0 saturated heterocycles. The topological polar surface area (TPSA) is 61.4 Å². The highest BCUT2D eigenvalue weighted by Gasteiger charge is 2.12. The van der Waals surface area contributed by atoms with Crippen LogP contribution in [0.25, 0.3) is 10.2 Å². The van der Waals surface area contributed by atoms with Crippen molar-refractivity contribution in [2.75, 3.05) is 7.11 Å². The number of carbonyl (C=O) groups excluding carboxylic acids is 1. The molecule has 3 rings (SSSR count). The average molecular weight is 330 g/mol. The Morgan fingerprint density at radius 1 is 1.39 bits per heavy atom. The largest absolute Gasteiger partial charge is 0.497 e. The van der Waals surface area contributed by atoms with Crippen LogP contribution >= 0.6 is 11.3 Å². The smallest absolute Gasteiger partial charge is 0.300 e. The van der Waals surface area contributed by atoms with Gasteiger partial charge < -0.3 is 9.30 Å². The zero-order chi connectivity index (χ0) is 16.6.